The monoisotopic (exact) mass is 272 g/mol. The SMILES string of the molecule is COCC(C)C(O)Cc1ccccc1Br. The van der Waals surface area contributed by atoms with E-state index in [1.165, 1.54) is 0 Å². The molecule has 0 bridgehead atoms. The Kier molecular flexibility index (Phi) is 5.29. The minimum Gasteiger partial charge on any atom is -0.392 e. The quantitative estimate of drug-likeness (QED) is 0.893. The minimum atomic E-state index is -0.358. The van der Waals surface area contributed by atoms with Gasteiger partial charge in [0.25, 0.3) is 0 Å². The molecule has 0 aliphatic carbocycles. The Morgan fingerprint density at radius 1 is 1.40 bits per heavy atom. The standard InChI is InChI=1S/C12H17BrO2/c1-9(8-15-2)12(14)7-10-5-3-4-6-11(10)13/h3-6,9,12,14H,7-8H2,1-2H3. The first-order valence-electron chi connectivity index (χ1n) is 5.05. The third-order valence-electron chi connectivity index (χ3n) is 2.47. The first-order valence-corrected chi connectivity index (χ1v) is 5.85. The molecule has 1 N–H and O–H groups in total. The van der Waals surface area contributed by atoms with Gasteiger partial charge in [-0.1, -0.05) is 41.1 Å². The Bertz CT molecular complexity index is 301. The lowest BCUT2D eigenvalue weighted by molar-refractivity contribution is 0.0574. The van der Waals surface area contributed by atoms with E-state index in [1.807, 2.05) is 31.2 Å². The number of ether oxygens (including phenoxy) is 1. The van der Waals surface area contributed by atoms with Gasteiger partial charge < -0.3 is 9.84 Å². The molecular formula is C12H17BrO2. The molecule has 2 atom stereocenters. The number of benzene rings is 1. The molecule has 0 spiro atoms. The second-order valence-corrected chi connectivity index (χ2v) is 4.65. The first kappa shape index (κ1) is 12.7. The van der Waals surface area contributed by atoms with E-state index in [9.17, 15) is 5.11 Å². The van der Waals surface area contributed by atoms with E-state index in [2.05, 4.69) is 15.9 Å². The molecule has 0 heterocycles. The summed E-state index contributed by atoms with van der Waals surface area (Å²) in [5, 5.41) is 9.93. The van der Waals surface area contributed by atoms with Crippen molar-refractivity contribution in [3.63, 3.8) is 0 Å². The van der Waals surface area contributed by atoms with Crippen molar-refractivity contribution in [3.05, 3.63) is 34.3 Å². The van der Waals surface area contributed by atoms with E-state index in [0.29, 0.717) is 13.0 Å². The third-order valence-corrected chi connectivity index (χ3v) is 3.25. The summed E-state index contributed by atoms with van der Waals surface area (Å²) in [5.41, 5.74) is 1.13. The van der Waals surface area contributed by atoms with E-state index in [0.717, 1.165) is 10.0 Å². The van der Waals surface area contributed by atoms with Gasteiger partial charge in [-0.05, 0) is 18.1 Å². The number of aliphatic hydroxyl groups is 1. The molecule has 3 heteroatoms. The van der Waals surface area contributed by atoms with Crippen LogP contribution < -0.4 is 0 Å². The van der Waals surface area contributed by atoms with Crippen LogP contribution in [0.3, 0.4) is 0 Å². The number of halogens is 1. The Morgan fingerprint density at radius 2 is 2.07 bits per heavy atom. The van der Waals surface area contributed by atoms with Gasteiger partial charge in [0.15, 0.2) is 0 Å². The summed E-state index contributed by atoms with van der Waals surface area (Å²) in [6, 6.07) is 7.96. The van der Waals surface area contributed by atoms with Crippen LogP contribution in [-0.4, -0.2) is 24.9 Å². The van der Waals surface area contributed by atoms with Crippen LogP contribution in [0.2, 0.25) is 0 Å². The molecule has 0 saturated carbocycles. The van der Waals surface area contributed by atoms with Gasteiger partial charge in [0, 0.05) is 17.5 Å². The van der Waals surface area contributed by atoms with Crippen molar-refractivity contribution in [2.75, 3.05) is 13.7 Å². The van der Waals surface area contributed by atoms with Crippen LogP contribution in [0.4, 0.5) is 0 Å². The van der Waals surface area contributed by atoms with Crippen molar-refractivity contribution < 1.29 is 9.84 Å². The molecule has 15 heavy (non-hydrogen) atoms. The number of rotatable bonds is 5. The first-order chi connectivity index (χ1) is 7.15. The highest BCUT2D eigenvalue weighted by Gasteiger charge is 2.15. The second-order valence-electron chi connectivity index (χ2n) is 3.80. The van der Waals surface area contributed by atoms with E-state index >= 15 is 0 Å². The van der Waals surface area contributed by atoms with Crippen molar-refractivity contribution in [2.24, 2.45) is 5.92 Å². The van der Waals surface area contributed by atoms with E-state index in [4.69, 9.17) is 4.74 Å². The third kappa shape index (κ3) is 3.93. The lowest BCUT2D eigenvalue weighted by Crippen LogP contribution is -2.24. The molecule has 84 valence electrons. The summed E-state index contributed by atoms with van der Waals surface area (Å²) >= 11 is 3.47. The predicted octanol–water partition coefficient (Wildman–Crippen LogP) is 2.64. The predicted molar refractivity (Wildman–Crippen MR) is 64.9 cm³/mol. The lowest BCUT2D eigenvalue weighted by atomic mass is 9.98. The zero-order valence-corrected chi connectivity index (χ0v) is 10.7. The largest absolute Gasteiger partial charge is 0.392 e. The highest BCUT2D eigenvalue weighted by molar-refractivity contribution is 9.10. The fourth-order valence-electron chi connectivity index (χ4n) is 1.46. The van der Waals surface area contributed by atoms with Crippen molar-refractivity contribution in [3.8, 4) is 0 Å². The normalized spacial score (nSPS) is 14.9. The number of methoxy groups -OCH3 is 1. The molecule has 2 nitrogen and oxygen atoms in total. The molecule has 0 aliphatic heterocycles. The van der Waals surface area contributed by atoms with Crippen LogP contribution in [0.15, 0.2) is 28.7 Å². The Morgan fingerprint density at radius 3 is 2.67 bits per heavy atom. The van der Waals surface area contributed by atoms with Crippen molar-refractivity contribution >= 4 is 15.9 Å². The fourth-order valence-corrected chi connectivity index (χ4v) is 1.91. The van der Waals surface area contributed by atoms with Crippen LogP contribution in [0.25, 0.3) is 0 Å². The van der Waals surface area contributed by atoms with E-state index in [-0.39, 0.29) is 12.0 Å². The highest BCUT2D eigenvalue weighted by atomic mass is 79.9. The fraction of sp³-hybridized carbons (Fsp3) is 0.500. The highest BCUT2D eigenvalue weighted by Crippen LogP contribution is 2.19. The van der Waals surface area contributed by atoms with Gasteiger partial charge in [0.1, 0.15) is 0 Å². The molecular weight excluding hydrogens is 256 g/mol. The maximum Gasteiger partial charge on any atom is 0.0628 e. The van der Waals surface area contributed by atoms with Gasteiger partial charge in [-0.15, -0.1) is 0 Å². The van der Waals surface area contributed by atoms with Gasteiger partial charge in [-0.3, -0.25) is 0 Å². The average molecular weight is 273 g/mol. The summed E-state index contributed by atoms with van der Waals surface area (Å²) < 4.78 is 6.07. The van der Waals surface area contributed by atoms with Gasteiger partial charge in [0.2, 0.25) is 0 Å². The van der Waals surface area contributed by atoms with Crippen molar-refractivity contribution in [1.29, 1.82) is 0 Å². The molecule has 0 aromatic heterocycles. The number of aliphatic hydroxyl groups excluding tert-OH is 1. The molecule has 0 aliphatic rings. The molecule has 1 rings (SSSR count). The maximum atomic E-state index is 9.93. The smallest absolute Gasteiger partial charge is 0.0628 e. The lowest BCUT2D eigenvalue weighted by Gasteiger charge is -2.18. The molecule has 0 amide bonds. The summed E-state index contributed by atoms with van der Waals surface area (Å²) in [5.74, 6) is 0.155. The van der Waals surface area contributed by atoms with Crippen LogP contribution in [-0.2, 0) is 11.2 Å². The zero-order chi connectivity index (χ0) is 11.3. The zero-order valence-electron chi connectivity index (χ0n) is 9.11. The van der Waals surface area contributed by atoms with Crippen LogP contribution >= 0.6 is 15.9 Å². The summed E-state index contributed by atoms with van der Waals surface area (Å²) in [6.07, 6.45) is 0.301. The molecule has 1 aromatic carbocycles. The summed E-state index contributed by atoms with van der Waals surface area (Å²) in [4.78, 5) is 0. The van der Waals surface area contributed by atoms with Crippen LogP contribution in [0, 0.1) is 5.92 Å². The maximum absolute atomic E-state index is 9.93. The summed E-state index contributed by atoms with van der Waals surface area (Å²) in [6.45, 7) is 2.58. The molecule has 1 aromatic rings. The van der Waals surface area contributed by atoms with E-state index in [1.54, 1.807) is 7.11 Å². The van der Waals surface area contributed by atoms with Crippen molar-refractivity contribution in [1.82, 2.24) is 0 Å². The molecule has 0 radical (unpaired) electrons. The molecule has 2 unspecified atom stereocenters. The molecule has 0 saturated heterocycles. The Balaban J connectivity index is 2.58. The topological polar surface area (TPSA) is 29.5 Å². The van der Waals surface area contributed by atoms with E-state index < -0.39 is 0 Å². The number of hydrogen-bond acceptors (Lipinski definition) is 2. The van der Waals surface area contributed by atoms with Gasteiger partial charge in [-0.2, -0.15) is 0 Å². The second kappa shape index (κ2) is 6.26. The Hall–Kier alpha value is -0.380. The van der Waals surface area contributed by atoms with Gasteiger partial charge in [0.05, 0.1) is 12.7 Å². The van der Waals surface area contributed by atoms with Gasteiger partial charge >= 0.3 is 0 Å². The minimum absolute atomic E-state index is 0.155. The number of hydrogen-bond donors (Lipinski definition) is 1. The Labute approximate surface area is 99.4 Å². The van der Waals surface area contributed by atoms with Crippen LogP contribution in [0.5, 0.6) is 0 Å². The van der Waals surface area contributed by atoms with Crippen molar-refractivity contribution in [2.45, 2.75) is 19.4 Å². The average Bonchev–Trinajstić information content (AvgIpc) is 2.21. The van der Waals surface area contributed by atoms with Crippen LogP contribution in [0.1, 0.15) is 12.5 Å². The van der Waals surface area contributed by atoms with Gasteiger partial charge in [-0.25, -0.2) is 0 Å². The summed E-state index contributed by atoms with van der Waals surface area (Å²) in [7, 11) is 1.65. The molecule has 0 fully saturated rings.